The fraction of sp³-hybridized carbons (Fsp3) is 0.550. The first-order valence-corrected chi connectivity index (χ1v) is 10.5. The molecule has 0 saturated carbocycles. The van der Waals surface area contributed by atoms with Gasteiger partial charge < -0.3 is 20.5 Å². The SMILES string of the molecule is Cc1nc(N2CCC3(CC2)CO[C@H](C)[C@H]3N)c(CO)nc1-c1ccnc(Cl)c1Cl. The topological polar surface area (TPSA) is 97.4 Å². The van der Waals surface area contributed by atoms with Gasteiger partial charge in [0.2, 0.25) is 0 Å². The van der Waals surface area contributed by atoms with Crippen molar-refractivity contribution in [2.45, 2.75) is 45.4 Å². The Bertz CT molecular complexity index is 918. The van der Waals surface area contributed by atoms with Crippen molar-refractivity contribution in [1.29, 1.82) is 0 Å². The number of ether oxygens (including phenoxy) is 1. The van der Waals surface area contributed by atoms with Gasteiger partial charge in [-0.3, -0.25) is 0 Å². The Kier molecular flexibility index (Phi) is 5.70. The lowest BCUT2D eigenvalue weighted by atomic mass is 9.73. The Morgan fingerprint density at radius 2 is 2.03 bits per heavy atom. The van der Waals surface area contributed by atoms with Crippen molar-refractivity contribution in [3.05, 3.63) is 33.8 Å². The molecule has 2 aromatic heterocycles. The average molecular weight is 438 g/mol. The molecule has 2 saturated heterocycles. The van der Waals surface area contributed by atoms with Crippen molar-refractivity contribution in [3.63, 3.8) is 0 Å². The van der Waals surface area contributed by atoms with E-state index in [1.165, 1.54) is 0 Å². The number of piperidine rings is 1. The van der Waals surface area contributed by atoms with Crippen LogP contribution >= 0.6 is 23.2 Å². The lowest BCUT2D eigenvalue weighted by Crippen LogP contribution is -2.51. The van der Waals surface area contributed by atoms with Crippen molar-refractivity contribution in [1.82, 2.24) is 15.0 Å². The second kappa shape index (κ2) is 7.96. The Hall–Kier alpha value is -1.51. The molecule has 3 N–H and O–H groups in total. The zero-order valence-electron chi connectivity index (χ0n) is 16.5. The summed E-state index contributed by atoms with van der Waals surface area (Å²) in [5.74, 6) is 0.709. The minimum absolute atomic E-state index is 0.0268. The molecule has 2 fully saturated rings. The van der Waals surface area contributed by atoms with Crippen LogP contribution in [0, 0.1) is 12.3 Å². The van der Waals surface area contributed by atoms with Gasteiger partial charge in [0.1, 0.15) is 10.8 Å². The van der Waals surface area contributed by atoms with Gasteiger partial charge in [-0.25, -0.2) is 15.0 Å². The first-order chi connectivity index (χ1) is 13.9. The summed E-state index contributed by atoms with van der Waals surface area (Å²) in [5, 5.41) is 10.5. The standard InChI is InChI=1S/C20H25Cl2N5O2/c1-11-16(13-3-6-24-18(22)15(13)21)26-14(9-28)19(25-11)27-7-4-20(5-8-27)10-29-12(2)17(20)23/h3,6,12,17,28H,4-5,7-10,23H2,1-2H3/t12-,17-/m1/s1. The van der Waals surface area contributed by atoms with E-state index < -0.39 is 0 Å². The van der Waals surface area contributed by atoms with Gasteiger partial charge in [-0.05, 0) is 32.8 Å². The van der Waals surface area contributed by atoms with Gasteiger partial charge in [0.25, 0.3) is 0 Å². The molecule has 7 nitrogen and oxygen atoms in total. The Balaban J connectivity index is 1.63. The first-order valence-electron chi connectivity index (χ1n) is 9.77. The van der Waals surface area contributed by atoms with Gasteiger partial charge in [0.15, 0.2) is 5.82 Å². The van der Waals surface area contributed by atoms with Crippen molar-refractivity contribution in [2.24, 2.45) is 11.1 Å². The van der Waals surface area contributed by atoms with Crippen LogP contribution in [0.3, 0.4) is 0 Å². The van der Waals surface area contributed by atoms with Crippen LogP contribution in [0.1, 0.15) is 31.2 Å². The molecule has 1 spiro atoms. The molecule has 0 unspecified atom stereocenters. The third kappa shape index (κ3) is 3.59. The van der Waals surface area contributed by atoms with E-state index in [2.05, 4.69) is 14.9 Å². The first kappa shape index (κ1) is 20.8. The van der Waals surface area contributed by atoms with Crippen LogP contribution in [-0.2, 0) is 11.3 Å². The molecule has 0 bridgehead atoms. The molecule has 4 rings (SSSR count). The summed E-state index contributed by atoms with van der Waals surface area (Å²) < 4.78 is 5.81. The second-order valence-corrected chi connectivity index (χ2v) is 8.68. The van der Waals surface area contributed by atoms with Crippen LogP contribution in [-0.4, -0.2) is 51.9 Å². The summed E-state index contributed by atoms with van der Waals surface area (Å²) >= 11 is 12.4. The number of aliphatic hydroxyl groups is 1. The third-order valence-corrected chi connectivity index (χ3v) is 7.04. The number of anilines is 1. The summed E-state index contributed by atoms with van der Waals surface area (Å²) in [6.07, 6.45) is 3.53. The highest BCUT2D eigenvalue weighted by Crippen LogP contribution is 2.42. The number of nitrogens with zero attached hydrogens (tertiary/aromatic N) is 4. The zero-order chi connectivity index (χ0) is 20.8. The van der Waals surface area contributed by atoms with Gasteiger partial charge in [-0.15, -0.1) is 0 Å². The second-order valence-electron chi connectivity index (χ2n) is 7.94. The Morgan fingerprint density at radius 1 is 1.31 bits per heavy atom. The van der Waals surface area contributed by atoms with E-state index in [0.29, 0.717) is 34.4 Å². The highest BCUT2D eigenvalue weighted by Gasteiger charge is 2.47. The van der Waals surface area contributed by atoms with E-state index in [9.17, 15) is 5.11 Å². The molecule has 29 heavy (non-hydrogen) atoms. The number of rotatable bonds is 3. The number of aromatic nitrogens is 3. The van der Waals surface area contributed by atoms with Crippen molar-refractivity contribution in [2.75, 3.05) is 24.6 Å². The summed E-state index contributed by atoms with van der Waals surface area (Å²) in [5.41, 5.74) is 8.94. The Morgan fingerprint density at radius 3 is 2.66 bits per heavy atom. The van der Waals surface area contributed by atoms with Crippen LogP contribution in [0.5, 0.6) is 0 Å². The van der Waals surface area contributed by atoms with Crippen LogP contribution in [0.2, 0.25) is 10.2 Å². The summed E-state index contributed by atoms with van der Waals surface area (Å²) in [4.78, 5) is 15.6. The monoisotopic (exact) mass is 437 g/mol. The van der Waals surface area contributed by atoms with Gasteiger partial charge in [0.05, 0.1) is 35.7 Å². The zero-order valence-corrected chi connectivity index (χ0v) is 18.0. The van der Waals surface area contributed by atoms with Gasteiger partial charge in [0, 0.05) is 36.3 Å². The van der Waals surface area contributed by atoms with Gasteiger partial charge in [-0.2, -0.15) is 0 Å². The predicted molar refractivity (Wildman–Crippen MR) is 113 cm³/mol. The maximum atomic E-state index is 9.98. The molecular formula is C20H25Cl2N5O2. The average Bonchev–Trinajstić information content (AvgIpc) is 2.99. The van der Waals surface area contributed by atoms with Crippen LogP contribution in [0.25, 0.3) is 11.3 Å². The smallest absolute Gasteiger partial charge is 0.153 e. The minimum atomic E-state index is -0.215. The predicted octanol–water partition coefficient (Wildman–Crippen LogP) is 2.98. The maximum absolute atomic E-state index is 9.98. The molecule has 0 radical (unpaired) electrons. The summed E-state index contributed by atoms with van der Waals surface area (Å²) in [6.45, 7) is 6.01. The molecule has 4 heterocycles. The number of nitrogens with two attached hydrogens (primary N) is 1. The molecule has 2 aromatic rings. The quantitative estimate of drug-likeness (QED) is 0.711. The van der Waals surface area contributed by atoms with Crippen LogP contribution in [0.4, 0.5) is 5.82 Å². The van der Waals surface area contributed by atoms with Crippen molar-refractivity contribution in [3.8, 4) is 11.3 Å². The summed E-state index contributed by atoms with van der Waals surface area (Å²) in [6, 6.07) is 1.80. The molecule has 9 heteroatoms. The largest absolute Gasteiger partial charge is 0.390 e. The lowest BCUT2D eigenvalue weighted by Gasteiger charge is -2.42. The lowest BCUT2D eigenvalue weighted by molar-refractivity contribution is 0.0973. The molecule has 0 aliphatic carbocycles. The van der Waals surface area contributed by atoms with Crippen LogP contribution < -0.4 is 10.6 Å². The number of hydrogen-bond donors (Lipinski definition) is 2. The maximum Gasteiger partial charge on any atom is 0.153 e. The molecule has 0 amide bonds. The fourth-order valence-corrected chi connectivity index (χ4v) is 4.75. The molecule has 0 aromatic carbocycles. The number of aryl methyl sites for hydroxylation is 1. The van der Waals surface area contributed by atoms with E-state index in [-0.39, 0.29) is 29.3 Å². The number of pyridine rings is 1. The molecule has 2 aliphatic rings. The molecule has 2 atom stereocenters. The fourth-order valence-electron chi connectivity index (χ4n) is 4.39. The minimum Gasteiger partial charge on any atom is -0.390 e. The number of aliphatic hydroxyl groups excluding tert-OH is 1. The highest BCUT2D eigenvalue weighted by atomic mass is 35.5. The van der Waals surface area contributed by atoms with E-state index >= 15 is 0 Å². The van der Waals surface area contributed by atoms with E-state index in [1.54, 1.807) is 12.3 Å². The Labute approximate surface area is 180 Å². The van der Waals surface area contributed by atoms with Crippen LogP contribution in [0.15, 0.2) is 12.3 Å². The van der Waals surface area contributed by atoms with E-state index in [4.69, 9.17) is 38.7 Å². The van der Waals surface area contributed by atoms with E-state index in [0.717, 1.165) is 31.6 Å². The van der Waals surface area contributed by atoms with Crippen molar-refractivity contribution < 1.29 is 9.84 Å². The number of halogens is 2. The van der Waals surface area contributed by atoms with Crippen molar-refractivity contribution >= 4 is 29.0 Å². The van der Waals surface area contributed by atoms with E-state index in [1.807, 2.05) is 13.8 Å². The summed E-state index contributed by atoms with van der Waals surface area (Å²) in [7, 11) is 0. The van der Waals surface area contributed by atoms with Gasteiger partial charge in [-0.1, -0.05) is 23.2 Å². The third-order valence-electron chi connectivity index (χ3n) is 6.28. The highest BCUT2D eigenvalue weighted by molar-refractivity contribution is 6.42. The molecule has 156 valence electrons. The van der Waals surface area contributed by atoms with Gasteiger partial charge >= 0.3 is 0 Å². The number of hydrogen-bond acceptors (Lipinski definition) is 7. The normalized spacial score (nSPS) is 23.7. The molecular weight excluding hydrogens is 413 g/mol. The molecule has 2 aliphatic heterocycles.